The molecule has 0 aromatic heterocycles. The van der Waals surface area contributed by atoms with Gasteiger partial charge in [0.15, 0.2) is 6.61 Å². The van der Waals surface area contributed by atoms with E-state index in [2.05, 4.69) is 5.32 Å². The molecule has 2 atom stereocenters. The van der Waals surface area contributed by atoms with Crippen LogP contribution in [0.3, 0.4) is 0 Å². The lowest BCUT2D eigenvalue weighted by molar-refractivity contribution is -0.384. The zero-order valence-electron chi connectivity index (χ0n) is 12.7. The molecule has 1 N–H and O–H groups in total. The summed E-state index contributed by atoms with van der Waals surface area (Å²) in [5.41, 5.74) is 1.51. The third kappa shape index (κ3) is 3.60. The number of carbonyl (C=O) groups is 2. The predicted molar refractivity (Wildman–Crippen MR) is 79.4 cm³/mol. The molecule has 1 aromatic rings. The van der Waals surface area contributed by atoms with E-state index >= 15 is 0 Å². The molecule has 0 aliphatic heterocycles. The average molecular weight is 306 g/mol. The monoisotopic (exact) mass is 306 g/mol. The summed E-state index contributed by atoms with van der Waals surface area (Å²) in [5.74, 6) is -0.801. The van der Waals surface area contributed by atoms with Crippen molar-refractivity contribution in [1.82, 2.24) is 0 Å². The Morgan fingerprint density at radius 1 is 1.36 bits per heavy atom. The molecule has 2 unspecified atom stereocenters. The Morgan fingerprint density at radius 2 is 1.95 bits per heavy atom. The molecule has 0 spiro atoms. The van der Waals surface area contributed by atoms with Gasteiger partial charge in [0.2, 0.25) is 0 Å². The van der Waals surface area contributed by atoms with Crippen LogP contribution in [0.1, 0.15) is 24.5 Å². The molecule has 118 valence electrons. The summed E-state index contributed by atoms with van der Waals surface area (Å²) in [7, 11) is 0. The van der Waals surface area contributed by atoms with Gasteiger partial charge in [0.25, 0.3) is 11.6 Å². The number of aryl methyl sites for hydroxylation is 2. The van der Waals surface area contributed by atoms with Crippen molar-refractivity contribution < 1.29 is 19.2 Å². The van der Waals surface area contributed by atoms with Crippen molar-refractivity contribution in [2.24, 2.45) is 11.8 Å². The Kier molecular flexibility index (Phi) is 4.44. The molecule has 0 radical (unpaired) electrons. The minimum atomic E-state index is -0.590. The maximum Gasteiger partial charge on any atom is 0.309 e. The lowest BCUT2D eigenvalue weighted by Crippen LogP contribution is -2.22. The van der Waals surface area contributed by atoms with Crippen LogP contribution >= 0.6 is 0 Å². The number of nitro benzene ring substituents is 1. The Hall–Kier alpha value is -2.44. The van der Waals surface area contributed by atoms with Crippen LogP contribution in [0, 0.1) is 35.8 Å². The Bertz CT molecular complexity index is 641. The molecule has 1 aliphatic carbocycles. The summed E-state index contributed by atoms with van der Waals surface area (Å²) in [6, 6.07) is 2.94. The summed E-state index contributed by atoms with van der Waals surface area (Å²) >= 11 is 0. The standard InChI is InChI=1S/C15H18N2O5/c1-8-5-12(13(17(20)21)6-9(8)2)16-14(18)7-22-15(19)11-4-10(11)3/h5-6,10-11H,4,7H2,1-3H3,(H,16,18). The first kappa shape index (κ1) is 15.9. The maximum atomic E-state index is 11.8. The van der Waals surface area contributed by atoms with Crippen molar-refractivity contribution in [3.63, 3.8) is 0 Å². The average Bonchev–Trinajstić information content (AvgIpc) is 3.16. The smallest absolute Gasteiger partial charge is 0.309 e. The van der Waals surface area contributed by atoms with E-state index in [0.717, 1.165) is 17.5 Å². The van der Waals surface area contributed by atoms with Crippen molar-refractivity contribution in [2.75, 3.05) is 11.9 Å². The summed E-state index contributed by atoms with van der Waals surface area (Å²) in [6.07, 6.45) is 0.781. The second-order valence-electron chi connectivity index (χ2n) is 5.69. The van der Waals surface area contributed by atoms with Gasteiger partial charge in [0, 0.05) is 6.07 Å². The van der Waals surface area contributed by atoms with Gasteiger partial charge in [0.1, 0.15) is 5.69 Å². The Labute approximate surface area is 127 Å². The van der Waals surface area contributed by atoms with Crippen LogP contribution in [0.4, 0.5) is 11.4 Å². The number of rotatable bonds is 5. The highest BCUT2D eigenvalue weighted by atomic mass is 16.6. The summed E-state index contributed by atoms with van der Waals surface area (Å²) < 4.78 is 4.90. The van der Waals surface area contributed by atoms with Crippen molar-refractivity contribution in [1.29, 1.82) is 0 Å². The molecule has 0 saturated heterocycles. The van der Waals surface area contributed by atoms with Crippen LogP contribution in [0.5, 0.6) is 0 Å². The highest BCUT2D eigenvalue weighted by Gasteiger charge is 2.40. The van der Waals surface area contributed by atoms with Gasteiger partial charge >= 0.3 is 5.97 Å². The molecule has 22 heavy (non-hydrogen) atoms. The Balaban J connectivity index is 2.00. The van der Waals surface area contributed by atoms with Gasteiger partial charge in [-0.05, 0) is 43.4 Å². The topological polar surface area (TPSA) is 98.5 Å². The summed E-state index contributed by atoms with van der Waals surface area (Å²) in [5, 5.41) is 13.5. The number of esters is 1. The summed E-state index contributed by atoms with van der Waals surface area (Å²) in [6.45, 7) is 5.05. The van der Waals surface area contributed by atoms with Crippen molar-refractivity contribution in [3.8, 4) is 0 Å². The number of benzene rings is 1. The fourth-order valence-corrected chi connectivity index (χ4v) is 2.13. The number of ether oxygens (including phenoxy) is 1. The van der Waals surface area contributed by atoms with Gasteiger partial charge in [0.05, 0.1) is 10.8 Å². The van der Waals surface area contributed by atoms with Gasteiger partial charge in [-0.25, -0.2) is 0 Å². The number of nitro groups is 1. The number of amides is 1. The number of nitrogens with one attached hydrogen (secondary N) is 1. The molecule has 2 rings (SSSR count). The van der Waals surface area contributed by atoms with E-state index < -0.39 is 23.4 Å². The minimum Gasteiger partial charge on any atom is -0.455 e. The minimum absolute atomic E-state index is 0.105. The van der Waals surface area contributed by atoms with E-state index in [4.69, 9.17) is 4.74 Å². The number of hydrogen-bond donors (Lipinski definition) is 1. The molecular formula is C15H18N2O5. The van der Waals surface area contributed by atoms with E-state index in [-0.39, 0.29) is 17.3 Å². The number of anilines is 1. The van der Waals surface area contributed by atoms with Crippen LogP contribution in [-0.2, 0) is 14.3 Å². The lowest BCUT2D eigenvalue weighted by Gasteiger charge is -2.09. The van der Waals surface area contributed by atoms with Gasteiger partial charge in [-0.3, -0.25) is 19.7 Å². The van der Waals surface area contributed by atoms with Crippen LogP contribution in [0.15, 0.2) is 12.1 Å². The van der Waals surface area contributed by atoms with Crippen LogP contribution in [0.2, 0.25) is 0 Å². The second kappa shape index (κ2) is 6.13. The molecule has 1 fully saturated rings. The SMILES string of the molecule is Cc1cc(NC(=O)COC(=O)C2CC2C)c([N+](=O)[O-])cc1C. The second-order valence-corrected chi connectivity index (χ2v) is 5.69. The quantitative estimate of drug-likeness (QED) is 0.511. The van der Waals surface area contributed by atoms with Gasteiger partial charge in [-0.2, -0.15) is 0 Å². The predicted octanol–water partition coefficient (Wildman–Crippen LogP) is 2.35. The van der Waals surface area contributed by atoms with E-state index in [1.165, 1.54) is 12.1 Å². The number of carbonyl (C=O) groups excluding carboxylic acids is 2. The fraction of sp³-hybridized carbons (Fsp3) is 0.467. The van der Waals surface area contributed by atoms with Crippen molar-refractivity contribution >= 4 is 23.3 Å². The first-order chi connectivity index (χ1) is 10.3. The van der Waals surface area contributed by atoms with Crippen LogP contribution in [-0.4, -0.2) is 23.4 Å². The van der Waals surface area contributed by atoms with Gasteiger partial charge < -0.3 is 10.1 Å². The zero-order valence-corrected chi connectivity index (χ0v) is 12.7. The normalized spacial score (nSPS) is 19.4. The largest absolute Gasteiger partial charge is 0.455 e. The lowest BCUT2D eigenvalue weighted by atomic mass is 10.1. The molecule has 1 aromatic carbocycles. The number of hydrogen-bond acceptors (Lipinski definition) is 5. The van der Waals surface area contributed by atoms with E-state index in [1.54, 1.807) is 13.8 Å². The molecule has 1 amide bonds. The van der Waals surface area contributed by atoms with Crippen LogP contribution < -0.4 is 5.32 Å². The first-order valence-corrected chi connectivity index (χ1v) is 7.01. The number of nitrogens with zero attached hydrogens (tertiary/aromatic N) is 1. The molecule has 1 aliphatic rings. The highest BCUT2D eigenvalue weighted by Crippen LogP contribution is 2.38. The molecule has 1 saturated carbocycles. The highest BCUT2D eigenvalue weighted by molar-refractivity contribution is 5.95. The van der Waals surface area contributed by atoms with E-state index in [1.807, 2.05) is 6.92 Å². The molecule has 0 bridgehead atoms. The van der Waals surface area contributed by atoms with Crippen LogP contribution in [0.25, 0.3) is 0 Å². The third-order valence-corrected chi connectivity index (χ3v) is 3.84. The van der Waals surface area contributed by atoms with Gasteiger partial charge in [-0.1, -0.05) is 6.92 Å². The summed E-state index contributed by atoms with van der Waals surface area (Å²) in [4.78, 5) is 33.8. The molecule has 7 nitrogen and oxygen atoms in total. The zero-order chi connectivity index (χ0) is 16.4. The van der Waals surface area contributed by atoms with Crippen molar-refractivity contribution in [2.45, 2.75) is 27.2 Å². The fourth-order valence-electron chi connectivity index (χ4n) is 2.13. The van der Waals surface area contributed by atoms with E-state index in [9.17, 15) is 19.7 Å². The van der Waals surface area contributed by atoms with Gasteiger partial charge in [-0.15, -0.1) is 0 Å². The molecule has 7 heteroatoms. The maximum absolute atomic E-state index is 11.8. The Morgan fingerprint density at radius 3 is 2.50 bits per heavy atom. The first-order valence-electron chi connectivity index (χ1n) is 7.01. The molecule has 0 heterocycles. The van der Waals surface area contributed by atoms with E-state index in [0.29, 0.717) is 5.92 Å². The van der Waals surface area contributed by atoms with Crippen molar-refractivity contribution in [3.05, 3.63) is 33.4 Å². The third-order valence-electron chi connectivity index (χ3n) is 3.84. The molecular weight excluding hydrogens is 288 g/mol.